The number of carbonyl (C=O) groups is 2. The zero-order valence-electron chi connectivity index (χ0n) is 16.7. The number of aryl methyl sites for hydroxylation is 1. The fourth-order valence-electron chi connectivity index (χ4n) is 4.82. The molecule has 2 fully saturated rings. The van der Waals surface area contributed by atoms with Crippen molar-refractivity contribution in [2.75, 3.05) is 13.1 Å². The summed E-state index contributed by atoms with van der Waals surface area (Å²) in [4.78, 5) is 28.5. The molecule has 28 heavy (non-hydrogen) atoms. The second-order valence-electron chi connectivity index (χ2n) is 8.15. The maximum Gasteiger partial charge on any atom is 0.275 e. The van der Waals surface area contributed by atoms with Crippen LogP contribution in [0.2, 0.25) is 0 Å². The minimum atomic E-state index is -0.106. The predicted molar refractivity (Wildman–Crippen MR) is 109 cm³/mol. The Kier molecular flexibility index (Phi) is 5.64. The predicted octanol–water partition coefficient (Wildman–Crippen LogP) is 3.26. The molecule has 0 spiro atoms. The monoisotopic (exact) mass is 382 g/mol. The lowest BCUT2D eigenvalue weighted by Crippen LogP contribution is -2.51. The number of hydrogen-bond donors (Lipinski definition) is 1. The van der Waals surface area contributed by atoms with Crippen LogP contribution in [-0.4, -0.2) is 45.6 Å². The van der Waals surface area contributed by atoms with Gasteiger partial charge in [0.1, 0.15) is 0 Å². The third-order valence-electron chi connectivity index (χ3n) is 6.31. The molecule has 2 aromatic rings. The van der Waals surface area contributed by atoms with Crippen LogP contribution in [0.5, 0.6) is 0 Å². The van der Waals surface area contributed by atoms with Crippen molar-refractivity contribution in [2.45, 2.75) is 57.4 Å². The summed E-state index contributed by atoms with van der Waals surface area (Å²) < 4.78 is 1.78. The lowest BCUT2D eigenvalue weighted by atomic mass is 9.82. The van der Waals surface area contributed by atoms with E-state index >= 15 is 0 Å². The summed E-state index contributed by atoms with van der Waals surface area (Å²) in [7, 11) is 1.88. The molecule has 1 aromatic heterocycles. The van der Waals surface area contributed by atoms with Gasteiger partial charge in [0.2, 0.25) is 5.91 Å². The van der Waals surface area contributed by atoms with Gasteiger partial charge in [-0.2, -0.15) is 5.10 Å². The Balaban J connectivity index is 1.70. The fourth-order valence-corrected chi connectivity index (χ4v) is 4.82. The number of rotatable bonds is 1. The molecule has 1 saturated heterocycles. The van der Waals surface area contributed by atoms with Gasteiger partial charge >= 0.3 is 0 Å². The Morgan fingerprint density at radius 3 is 2.75 bits per heavy atom. The van der Waals surface area contributed by atoms with Crippen molar-refractivity contribution in [3.05, 3.63) is 30.0 Å². The van der Waals surface area contributed by atoms with Crippen LogP contribution in [0.1, 0.15) is 61.9 Å². The zero-order valence-corrected chi connectivity index (χ0v) is 16.7. The van der Waals surface area contributed by atoms with Crippen molar-refractivity contribution in [1.82, 2.24) is 20.0 Å². The highest BCUT2D eigenvalue weighted by molar-refractivity contribution is 6.05. The van der Waals surface area contributed by atoms with Crippen LogP contribution >= 0.6 is 0 Å². The van der Waals surface area contributed by atoms with Crippen molar-refractivity contribution in [3.63, 3.8) is 0 Å². The Bertz CT molecular complexity index is 859. The molecule has 2 atom stereocenters. The summed E-state index contributed by atoms with van der Waals surface area (Å²) in [5.41, 5.74) is 1.47. The molecule has 1 saturated carbocycles. The van der Waals surface area contributed by atoms with Crippen LogP contribution in [0.15, 0.2) is 24.3 Å². The van der Waals surface area contributed by atoms with E-state index in [1.807, 2.05) is 36.2 Å². The third-order valence-corrected chi connectivity index (χ3v) is 6.31. The summed E-state index contributed by atoms with van der Waals surface area (Å²) >= 11 is 0. The minimum Gasteiger partial charge on any atom is -0.356 e. The fraction of sp³-hybridized carbons (Fsp3) is 0.591. The van der Waals surface area contributed by atoms with Gasteiger partial charge < -0.3 is 10.2 Å². The van der Waals surface area contributed by atoms with Crippen LogP contribution in [0.25, 0.3) is 10.9 Å². The second kappa shape index (κ2) is 8.33. The largest absolute Gasteiger partial charge is 0.356 e. The second-order valence-corrected chi connectivity index (χ2v) is 8.15. The number of hydrogen-bond acceptors (Lipinski definition) is 3. The number of amides is 2. The van der Waals surface area contributed by atoms with E-state index in [0.29, 0.717) is 12.2 Å². The van der Waals surface area contributed by atoms with Gasteiger partial charge in [-0.05, 0) is 31.7 Å². The van der Waals surface area contributed by atoms with Crippen molar-refractivity contribution in [3.8, 4) is 0 Å². The summed E-state index contributed by atoms with van der Waals surface area (Å²) in [6.07, 6.45) is 8.06. The average Bonchev–Trinajstić information content (AvgIpc) is 3.04. The van der Waals surface area contributed by atoms with Gasteiger partial charge in [-0.25, -0.2) is 0 Å². The highest BCUT2D eigenvalue weighted by Gasteiger charge is 2.38. The number of fused-ring (bicyclic) bond motifs is 2. The minimum absolute atomic E-state index is 0.0271. The highest BCUT2D eigenvalue weighted by Crippen LogP contribution is 2.31. The highest BCUT2D eigenvalue weighted by atomic mass is 16.2. The Morgan fingerprint density at radius 1 is 1.07 bits per heavy atom. The van der Waals surface area contributed by atoms with E-state index in [-0.39, 0.29) is 23.8 Å². The normalized spacial score (nSPS) is 24.3. The Morgan fingerprint density at radius 2 is 1.86 bits per heavy atom. The molecule has 6 heteroatoms. The topological polar surface area (TPSA) is 67.2 Å². The Labute approximate surface area is 166 Å². The molecule has 2 heterocycles. The van der Waals surface area contributed by atoms with Crippen molar-refractivity contribution in [1.29, 1.82) is 0 Å². The standard InChI is InChI=1S/C22H30N4O2/c1-25-18-12-6-4-10-16(18)20(24-25)22(28)26-15-9-3-2-8-14-23-21(27)17-11-5-7-13-19(17)26/h4,6,10,12,17,19H,2-3,5,7-9,11,13-15H2,1H3,(H,23,27). The maximum atomic E-state index is 13.7. The number of carbonyl (C=O) groups excluding carboxylic acids is 2. The smallest absolute Gasteiger partial charge is 0.275 e. The van der Waals surface area contributed by atoms with Crippen LogP contribution in [0.3, 0.4) is 0 Å². The summed E-state index contributed by atoms with van der Waals surface area (Å²) in [6, 6.07) is 7.84. The molecular weight excluding hydrogens is 352 g/mol. The average molecular weight is 383 g/mol. The van der Waals surface area contributed by atoms with Crippen LogP contribution < -0.4 is 5.32 Å². The molecule has 1 N–H and O–H groups in total. The lowest BCUT2D eigenvalue weighted by molar-refractivity contribution is -0.128. The van der Waals surface area contributed by atoms with Crippen molar-refractivity contribution < 1.29 is 9.59 Å². The number of aromatic nitrogens is 2. The van der Waals surface area contributed by atoms with E-state index in [4.69, 9.17) is 0 Å². The van der Waals surface area contributed by atoms with Crippen LogP contribution in [0.4, 0.5) is 0 Å². The summed E-state index contributed by atoms with van der Waals surface area (Å²) in [6.45, 7) is 1.46. The molecule has 0 bridgehead atoms. The quantitative estimate of drug-likeness (QED) is 0.823. The van der Waals surface area contributed by atoms with Gasteiger partial charge in [-0.15, -0.1) is 0 Å². The van der Waals surface area contributed by atoms with Gasteiger partial charge in [0.05, 0.1) is 11.4 Å². The summed E-state index contributed by atoms with van der Waals surface area (Å²) in [5, 5.41) is 8.57. The molecule has 0 radical (unpaired) electrons. The van der Waals surface area contributed by atoms with E-state index < -0.39 is 0 Å². The Hall–Kier alpha value is -2.37. The van der Waals surface area contributed by atoms with E-state index in [1.54, 1.807) is 4.68 Å². The first kappa shape index (κ1) is 19.0. The van der Waals surface area contributed by atoms with Crippen molar-refractivity contribution >= 4 is 22.7 Å². The molecule has 6 nitrogen and oxygen atoms in total. The van der Waals surface area contributed by atoms with Crippen molar-refractivity contribution in [2.24, 2.45) is 13.0 Å². The molecule has 2 amide bonds. The zero-order chi connectivity index (χ0) is 19.5. The maximum absolute atomic E-state index is 13.7. The molecule has 4 rings (SSSR count). The van der Waals surface area contributed by atoms with Crippen LogP contribution in [-0.2, 0) is 11.8 Å². The molecule has 1 aromatic carbocycles. The number of benzene rings is 1. The first-order chi connectivity index (χ1) is 13.7. The van der Waals surface area contributed by atoms with Gasteiger partial charge in [-0.3, -0.25) is 14.3 Å². The van der Waals surface area contributed by atoms with E-state index in [2.05, 4.69) is 10.4 Å². The van der Waals surface area contributed by atoms with Gasteiger partial charge in [0, 0.05) is 31.6 Å². The lowest BCUT2D eigenvalue weighted by Gasteiger charge is -2.39. The first-order valence-corrected chi connectivity index (χ1v) is 10.7. The van der Waals surface area contributed by atoms with E-state index in [9.17, 15) is 9.59 Å². The molecule has 2 aliphatic rings. The molecule has 2 unspecified atom stereocenters. The molecular formula is C22H30N4O2. The van der Waals surface area contributed by atoms with Gasteiger partial charge in [0.15, 0.2) is 5.69 Å². The van der Waals surface area contributed by atoms with E-state index in [1.165, 1.54) is 0 Å². The SMILES string of the molecule is Cn1nc(C(=O)N2CCCCCCNC(=O)C3CCCCC32)c2ccccc21. The molecule has 150 valence electrons. The van der Waals surface area contributed by atoms with E-state index in [0.717, 1.165) is 68.8 Å². The molecule has 1 aliphatic carbocycles. The molecule has 1 aliphatic heterocycles. The van der Waals surface area contributed by atoms with Crippen LogP contribution in [0, 0.1) is 5.92 Å². The third kappa shape index (κ3) is 3.64. The van der Waals surface area contributed by atoms with Gasteiger partial charge in [0.25, 0.3) is 5.91 Å². The first-order valence-electron chi connectivity index (χ1n) is 10.7. The number of para-hydroxylation sites is 1. The van der Waals surface area contributed by atoms with Gasteiger partial charge in [-0.1, -0.05) is 43.9 Å². The number of nitrogens with one attached hydrogen (secondary N) is 1. The number of nitrogens with zero attached hydrogens (tertiary/aromatic N) is 3. The summed E-state index contributed by atoms with van der Waals surface area (Å²) in [5.74, 6) is -0.0122.